The number of thiophene rings is 1. The molecule has 0 saturated heterocycles. The van der Waals surface area contributed by atoms with Crippen molar-refractivity contribution in [1.82, 2.24) is 5.32 Å². The number of rotatable bonds is 10. The van der Waals surface area contributed by atoms with Gasteiger partial charge in [-0.1, -0.05) is 42.5 Å². The van der Waals surface area contributed by atoms with E-state index in [-0.39, 0.29) is 25.2 Å². The number of allylic oxidation sites excluding steroid dienone is 4. The maximum Gasteiger partial charge on any atom is 0.303 e. The molecular formula is C24H26N2O4S. The fourth-order valence-electron chi connectivity index (χ4n) is 3.38. The van der Waals surface area contributed by atoms with Crippen LogP contribution in [0.5, 0.6) is 0 Å². The SMILES string of the molecule is NC(=O)[C@H](CCC(=O)O)NC(=O)CCc1ccc(-c2cc(C3=CCCC=C3)cs2)cc1. The molecule has 1 atom stereocenters. The molecular weight excluding hydrogens is 412 g/mol. The summed E-state index contributed by atoms with van der Waals surface area (Å²) in [5.74, 6) is -2.09. The summed E-state index contributed by atoms with van der Waals surface area (Å²) in [6, 6.07) is 9.33. The lowest BCUT2D eigenvalue weighted by molar-refractivity contribution is -0.137. The Labute approximate surface area is 185 Å². The fraction of sp³-hybridized carbons (Fsp3) is 0.292. The number of carboxylic acids is 1. The molecule has 31 heavy (non-hydrogen) atoms. The molecule has 0 aliphatic heterocycles. The number of hydrogen-bond donors (Lipinski definition) is 3. The first-order chi connectivity index (χ1) is 14.9. The second-order valence-corrected chi connectivity index (χ2v) is 8.40. The van der Waals surface area contributed by atoms with Crippen LogP contribution in [-0.2, 0) is 20.8 Å². The smallest absolute Gasteiger partial charge is 0.303 e. The van der Waals surface area contributed by atoms with Gasteiger partial charge in [-0.05, 0) is 59.4 Å². The lowest BCUT2D eigenvalue weighted by atomic mass is 10.0. The Hall–Kier alpha value is -3.19. The number of carbonyl (C=O) groups excluding carboxylic acids is 2. The molecule has 1 aromatic carbocycles. The molecule has 2 amide bonds. The molecule has 162 valence electrons. The zero-order valence-corrected chi connectivity index (χ0v) is 18.0. The molecule has 2 aromatic rings. The van der Waals surface area contributed by atoms with Crippen molar-refractivity contribution >= 4 is 34.7 Å². The van der Waals surface area contributed by atoms with Gasteiger partial charge in [-0.2, -0.15) is 0 Å². The summed E-state index contributed by atoms with van der Waals surface area (Å²) >= 11 is 1.71. The number of aryl methyl sites for hydroxylation is 1. The molecule has 1 aliphatic rings. The maximum absolute atomic E-state index is 12.1. The predicted octanol–water partition coefficient (Wildman–Crippen LogP) is 3.92. The number of primary amides is 1. The first kappa shape index (κ1) is 22.5. The molecule has 0 spiro atoms. The predicted molar refractivity (Wildman–Crippen MR) is 122 cm³/mol. The normalized spacial score (nSPS) is 14.0. The zero-order chi connectivity index (χ0) is 22.2. The highest BCUT2D eigenvalue weighted by molar-refractivity contribution is 7.13. The third kappa shape index (κ3) is 6.65. The third-order valence-electron chi connectivity index (χ3n) is 5.13. The third-order valence-corrected chi connectivity index (χ3v) is 6.11. The van der Waals surface area contributed by atoms with Crippen LogP contribution in [0.4, 0.5) is 0 Å². The van der Waals surface area contributed by atoms with Gasteiger partial charge < -0.3 is 16.2 Å². The Morgan fingerprint density at radius 1 is 1.10 bits per heavy atom. The van der Waals surface area contributed by atoms with Crippen molar-refractivity contribution in [2.75, 3.05) is 0 Å². The van der Waals surface area contributed by atoms with Gasteiger partial charge in [-0.25, -0.2) is 0 Å². The van der Waals surface area contributed by atoms with E-state index in [1.165, 1.54) is 16.0 Å². The Bertz CT molecular complexity index is 1000. The lowest BCUT2D eigenvalue weighted by Crippen LogP contribution is -2.44. The second-order valence-electron chi connectivity index (χ2n) is 7.49. The fourth-order valence-corrected chi connectivity index (χ4v) is 4.31. The number of benzene rings is 1. The summed E-state index contributed by atoms with van der Waals surface area (Å²) in [5, 5.41) is 13.4. The molecule has 0 radical (unpaired) electrons. The maximum atomic E-state index is 12.1. The highest BCUT2D eigenvalue weighted by atomic mass is 32.1. The molecule has 1 aliphatic carbocycles. The first-order valence-electron chi connectivity index (χ1n) is 10.3. The molecule has 0 unspecified atom stereocenters. The van der Waals surface area contributed by atoms with Crippen LogP contribution in [-0.4, -0.2) is 28.9 Å². The topological polar surface area (TPSA) is 109 Å². The Kier molecular flexibility index (Phi) is 7.78. The largest absolute Gasteiger partial charge is 0.481 e. The van der Waals surface area contributed by atoms with Gasteiger partial charge in [0.05, 0.1) is 0 Å². The second kappa shape index (κ2) is 10.7. The van der Waals surface area contributed by atoms with Gasteiger partial charge in [0.2, 0.25) is 11.8 Å². The molecule has 7 heteroatoms. The quantitative estimate of drug-likeness (QED) is 0.522. The summed E-state index contributed by atoms with van der Waals surface area (Å²) in [4.78, 5) is 35.4. The van der Waals surface area contributed by atoms with Crippen molar-refractivity contribution in [2.45, 2.75) is 44.6 Å². The van der Waals surface area contributed by atoms with E-state index < -0.39 is 17.9 Å². The van der Waals surface area contributed by atoms with Crippen LogP contribution in [0.1, 0.15) is 43.2 Å². The van der Waals surface area contributed by atoms with E-state index >= 15 is 0 Å². The number of nitrogens with one attached hydrogen (secondary N) is 1. The molecule has 4 N–H and O–H groups in total. The van der Waals surface area contributed by atoms with Crippen LogP contribution in [0.3, 0.4) is 0 Å². The van der Waals surface area contributed by atoms with E-state index in [1.807, 2.05) is 24.3 Å². The summed E-state index contributed by atoms with van der Waals surface area (Å²) in [7, 11) is 0. The van der Waals surface area contributed by atoms with Crippen molar-refractivity contribution in [3.8, 4) is 10.4 Å². The van der Waals surface area contributed by atoms with Crippen LogP contribution in [0.2, 0.25) is 0 Å². The van der Waals surface area contributed by atoms with Gasteiger partial charge in [0, 0.05) is 17.7 Å². The summed E-state index contributed by atoms with van der Waals surface area (Å²) in [5.41, 5.74) is 9.90. The monoisotopic (exact) mass is 438 g/mol. The minimum absolute atomic E-state index is 0.0133. The van der Waals surface area contributed by atoms with Crippen molar-refractivity contribution < 1.29 is 19.5 Å². The number of nitrogens with two attached hydrogens (primary N) is 1. The average Bonchev–Trinajstić information content (AvgIpc) is 3.26. The Morgan fingerprint density at radius 3 is 2.52 bits per heavy atom. The Morgan fingerprint density at radius 2 is 1.87 bits per heavy atom. The van der Waals surface area contributed by atoms with Gasteiger partial charge in [-0.3, -0.25) is 14.4 Å². The van der Waals surface area contributed by atoms with Crippen molar-refractivity contribution in [3.05, 3.63) is 65.1 Å². The lowest BCUT2D eigenvalue weighted by Gasteiger charge is -2.14. The molecule has 1 aromatic heterocycles. The van der Waals surface area contributed by atoms with E-state index in [9.17, 15) is 14.4 Å². The van der Waals surface area contributed by atoms with Gasteiger partial charge in [-0.15, -0.1) is 11.3 Å². The standard InChI is InChI=1S/C24H26N2O4S/c25-24(30)20(11-13-23(28)29)26-22(27)12-8-16-6-9-18(10-7-16)21-14-19(15-31-21)17-4-2-1-3-5-17/h2,4-7,9-10,14-15,20H,1,3,8,11-13H2,(H2,25,30)(H,26,27)(H,28,29)/t20-/m0/s1. The van der Waals surface area contributed by atoms with Crippen LogP contribution >= 0.6 is 11.3 Å². The first-order valence-corrected chi connectivity index (χ1v) is 11.2. The summed E-state index contributed by atoms with van der Waals surface area (Å²) in [6.45, 7) is 0. The summed E-state index contributed by atoms with van der Waals surface area (Å²) in [6.07, 6.45) is 9.30. The van der Waals surface area contributed by atoms with Crippen LogP contribution in [0.15, 0.2) is 53.9 Å². The van der Waals surface area contributed by atoms with Gasteiger partial charge in [0.1, 0.15) is 6.04 Å². The molecule has 0 saturated carbocycles. The Balaban J connectivity index is 1.53. The number of hydrogen-bond acceptors (Lipinski definition) is 4. The van der Waals surface area contributed by atoms with Crippen LogP contribution in [0, 0.1) is 0 Å². The molecule has 0 fully saturated rings. The van der Waals surface area contributed by atoms with E-state index in [2.05, 4.69) is 35.0 Å². The van der Waals surface area contributed by atoms with Crippen LogP contribution in [0.25, 0.3) is 16.0 Å². The highest BCUT2D eigenvalue weighted by Crippen LogP contribution is 2.32. The molecule has 0 bridgehead atoms. The number of amides is 2. The van der Waals surface area contributed by atoms with Gasteiger partial charge in [0.25, 0.3) is 0 Å². The average molecular weight is 439 g/mol. The molecule has 3 rings (SSSR count). The molecule has 6 nitrogen and oxygen atoms in total. The van der Waals surface area contributed by atoms with Gasteiger partial charge in [0.15, 0.2) is 0 Å². The number of carbonyl (C=O) groups is 3. The van der Waals surface area contributed by atoms with Gasteiger partial charge >= 0.3 is 5.97 Å². The van der Waals surface area contributed by atoms with E-state index in [4.69, 9.17) is 10.8 Å². The van der Waals surface area contributed by atoms with E-state index in [0.29, 0.717) is 6.42 Å². The van der Waals surface area contributed by atoms with Crippen molar-refractivity contribution in [3.63, 3.8) is 0 Å². The van der Waals surface area contributed by atoms with Crippen LogP contribution < -0.4 is 11.1 Å². The van der Waals surface area contributed by atoms with E-state index in [0.717, 1.165) is 24.0 Å². The molecule has 1 heterocycles. The minimum Gasteiger partial charge on any atom is -0.481 e. The van der Waals surface area contributed by atoms with Crippen molar-refractivity contribution in [1.29, 1.82) is 0 Å². The highest BCUT2D eigenvalue weighted by Gasteiger charge is 2.19. The number of carboxylic acid groups (broad SMARTS) is 1. The van der Waals surface area contributed by atoms with E-state index in [1.54, 1.807) is 11.3 Å². The summed E-state index contributed by atoms with van der Waals surface area (Å²) < 4.78 is 0. The zero-order valence-electron chi connectivity index (χ0n) is 17.2. The number of aliphatic carboxylic acids is 1. The van der Waals surface area contributed by atoms with Crippen molar-refractivity contribution in [2.24, 2.45) is 5.73 Å². The minimum atomic E-state index is -1.04.